The summed E-state index contributed by atoms with van der Waals surface area (Å²) in [6, 6.07) is 0.325. The summed E-state index contributed by atoms with van der Waals surface area (Å²) in [5, 5.41) is 11.3. The average molecular weight is 307 g/mol. The van der Waals surface area contributed by atoms with Crippen LogP contribution in [0.4, 0.5) is 0 Å². The van der Waals surface area contributed by atoms with Crippen LogP contribution < -0.4 is 10.6 Å². The summed E-state index contributed by atoms with van der Waals surface area (Å²) >= 11 is 0. The van der Waals surface area contributed by atoms with E-state index < -0.39 is 0 Å². The Bertz CT molecular complexity index is 476. The highest BCUT2D eigenvalue weighted by Crippen LogP contribution is 2.14. The molecule has 0 bridgehead atoms. The third kappa shape index (κ3) is 5.70. The molecule has 0 aromatic carbocycles. The van der Waals surface area contributed by atoms with E-state index in [-0.39, 0.29) is 0 Å². The van der Waals surface area contributed by atoms with Gasteiger partial charge in [-0.15, -0.1) is 0 Å². The lowest BCUT2D eigenvalue weighted by atomic mass is 10.1. The summed E-state index contributed by atoms with van der Waals surface area (Å²) < 4.78 is 1.96. The molecule has 2 N–H and O–H groups in total. The number of unbranched alkanes of at least 4 members (excludes halogenated alkanes) is 2. The molecule has 126 valence electrons. The second-order valence-corrected chi connectivity index (χ2v) is 5.99. The Labute approximate surface area is 135 Å². The molecule has 22 heavy (non-hydrogen) atoms. The third-order valence-corrected chi connectivity index (χ3v) is 3.93. The van der Waals surface area contributed by atoms with Crippen LogP contribution in [0.1, 0.15) is 57.0 Å². The molecule has 0 radical (unpaired) electrons. The maximum Gasteiger partial charge on any atom is 0.191 e. The van der Waals surface area contributed by atoms with Crippen LogP contribution in [0, 0.1) is 13.8 Å². The first kappa shape index (κ1) is 18.5. The predicted octanol–water partition coefficient (Wildman–Crippen LogP) is 2.71. The van der Waals surface area contributed by atoms with Crippen molar-refractivity contribution in [2.24, 2.45) is 12.0 Å². The highest BCUT2D eigenvalue weighted by molar-refractivity contribution is 5.80. The highest BCUT2D eigenvalue weighted by Gasteiger charge is 2.13. The van der Waals surface area contributed by atoms with Crippen LogP contribution in [-0.4, -0.2) is 34.9 Å². The predicted molar refractivity (Wildman–Crippen MR) is 94.5 cm³/mol. The molecule has 0 saturated heterocycles. The van der Waals surface area contributed by atoms with E-state index >= 15 is 0 Å². The van der Waals surface area contributed by atoms with Gasteiger partial charge in [0.2, 0.25) is 0 Å². The van der Waals surface area contributed by atoms with Crippen molar-refractivity contribution in [2.45, 2.75) is 66.3 Å². The number of aromatic nitrogens is 2. The largest absolute Gasteiger partial charge is 0.357 e. The Balaban J connectivity index is 2.60. The van der Waals surface area contributed by atoms with Crippen molar-refractivity contribution in [1.29, 1.82) is 0 Å². The topological polar surface area (TPSA) is 54.2 Å². The molecular weight excluding hydrogens is 274 g/mol. The van der Waals surface area contributed by atoms with Crippen LogP contribution in [0.5, 0.6) is 0 Å². The molecule has 0 aliphatic rings. The number of rotatable bonds is 8. The molecule has 1 rings (SSSR count). The van der Waals surface area contributed by atoms with Crippen molar-refractivity contribution in [3.05, 3.63) is 17.0 Å². The molecule has 1 unspecified atom stereocenters. The van der Waals surface area contributed by atoms with Gasteiger partial charge >= 0.3 is 0 Å². The second kappa shape index (κ2) is 9.49. The molecule has 0 aliphatic carbocycles. The molecule has 5 heteroatoms. The Morgan fingerprint density at radius 1 is 1.27 bits per heavy atom. The summed E-state index contributed by atoms with van der Waals surface area (Å²) in [4.78, 5) is 4.66. The molecule has 0 spiro atoms. The second-order valence-electron chi connectivity index (χ2n) is 5.99. The number of aliphatic imine (C=N–C) groups is 1. The molecule has 1 atom stereocenters. The van der Waals surface area contributed by atoms with Crippen LogP contribution in [0.25, 0.3) is 0 Å². The quantitative estimate of drug-likeness (QED) is 0.441. The molecule has 1 aromatic rings. The Kier molecular flexibility index (Phi) is 7.99. The first-order valence-corrected chi connectivity index (χ1v) is 8.53. The molecule has 1 heterocycles. The Morgan fingerprint density at radius 2 is 2.00 bits per heavy atom. The molecule has 0 saturated carbocycles. The van der Waals surface area contributed by atoms with E-state index in [0.717, 1.165) is 37.6 Å². The van der Waals surface area contributed by atoms with Crippen LogP contribution in [-0.2, 0) is 13.5 Å². The van der Waals surface area contributed by atoms with Gasteiger partial charge in [0.05, 0.1) is 5.69 Å². The lowest BCUT2D eigenvalue weighted by molar-refractivity contribution is 0.632. The van der Waals surface area contributed by atoms with Crippen LogP contribution >= 0.6 is 0 Å². The van der Waals surface area contributed by atoms with Crippen molar-refractivity contribution in [3.63, 3.8) is 0 Å². The smallest absolute Gasteiger partial charge is 0.191 e. The number of guanidine groups is 1. The number of hydrogen-bond acceptors (Lipinski definition) is 2. The summed E-state index contributed by atoms with van der Waals surface area (Å²) in [5.74, 6) is 0.922. The number of nitrogens with zero attached hydrogens (tertiary/aromatic N) is 3. The van der Waals surface area contributed by atoms with Crippen LogP contribution in [0.15, 0.2) is 4.99 Å². The van der Waals surface area contributed by atoms with E-state index in [1.807, 2.05) is 11.7 Å². The van der Waals surface area contributed by atoms with Crippen molar-refractivity contribution in [1.82, 2.24) is 20.4 Å². The highest BCUT2D eigenvalue weighted by atomic mass is 15.3. The van der Waals surface area contributed by atoms with Gasteiger partial charge in [-0.25, -0.2) is 0 Å². The van der Waals surface area contributed by atoms with Gasteiger partial charge in [0, 0.05) is 31.9 Å². The molecule has 0 amide bonds. The van der Waals surface area contributed by atoms with Gasteiger partial charge in [0.15, 0.2) is 5.96 Å². The summed E-state index contributed by atoms with van der Waals surface area (Å²) in [6.07, 6.45) is 4.59. The minimum absolute atomic E-state index is 0.325. The van der Waals surface area contributed by atoms with Crippen LogP contribution in [0.2, 0.25) is 0 Å². The fourth-order valence-corrected chi connectivity index (χ4v) is 2.58. The van der Waals surface area contributed by atoms with Crippen molar-refractivity contribution >= 4 is 5.96 Å². The zero-order valence-electron chi connectivity index (χ0n) is 15.2. The van der Waals surface area contributed by atoms with Gasteiger partial charge < -0.3 is 10.6 Å². The van der Waals surface area contributed by atoms with Gasteiger partial charge in [-0.1, -0.05) is 19.8 Å². The minimum Gasteiger partial charge on any atom is -0.357 e. The van der Waals surface area contributed by atoms with Gasteiger partial charge in [-0.2, -0.15) is 5.10 Å². The molecule has 0 aliphatic heterocycles. The first-order valence-electron chi connectivity index (χ1n) is 8.53. The zero-order valence-corrected chi connectivity index (χ0v) is 15.2. The summed E-state index contributed by atoms with van der Waals surface area (Å²) in [7, 11) is 2.00. The van der Waals surface area contributed by atoms with Gasteiger partial charge in [0.1, 0.15) is 0 Å². The lowest BCUT2D eigenvalue weighted by Crippen LogP contribution is -2.43. The number of nitrogens with one attached hydrogen (secondary N) is 2. The molecular formula is C17H33N5. The minimum atomic E-state index is 0.325. The zero-order chi connectivity index (χ0) is 16.5. The van der Waals surface area contributed by atoms with Crippen molar-refractivity contribution < 1.29 is 0 Å². The van der Waals surface area contributed by atoms with E-state index in [0.29, 0.717) is 6.04 Å². The maximum absolute atomic E-state index is 4.66. The molecule has 0 fully saturated rings. The van der Waals surface area contributed by atoms with Gasteiger partial charge in [0.25, 0.3) is 0 Å². The van der Waals surface area contributed by atoms with Crippen LogP contribution in [0.3, 0.4) is 0 Å². The van der Waals surface area contributed by atoms with E-state index in [1.54, 1.807) is 0 Å². The summed E-state index contributed by atoms with van der Waals surface area (Å²) in [6.45, 7) is 12.5. The number of hydrogen-bond donors (Lipinski definition) is 2. The summed E-state index contributed by atoms with van der Waals surface area (Å²) in [5.41, 5.74) is 3.71. The van der Waals surface area contributed by atoms with Crippen molar-refractivity contribution in [2.75, 3.05) is 13.1 Å². The SMILES string of the molecule is CCCCCN=C(NCC)NC(C)Cc1c(C)nn(C)c1C. The fourth-order valence-electron chi connectivity index (χ4n) is 2.58. The lowest BCUT2D eigenvalue weighted by Gasteiger charge is -2.18. The van der Waals surface area contributed by atoms with E-state index in [1.165, 1.54) is 24.1 Å². The maximum atomic E-state index is 4.66. The van der Waals surface area contributed by atoms with Gasteiger partial charge in [-0.3, -0.25) is 9.67 Å². The van der Waals surface area contributed by atoms with E-state index in [2.05, 4.69) is 55.3 Å². The molecule has 1 aromatic heterocycles. The Hall–Kier alpha value is -1.52. The van der Waals surface area contributed by atoms with E-state index in [9.17, 15) is 0 Å². The third-order valence-electron chi connectivity index (χ3n) is 3.93. The van der Waals surface area contributed by atoms with Gasteiger partial charge in [-0.05, 0) is 46.1 Å². The average Bonchev–Trinajstić information content (AvgIpc) is 2.70. The first-order chi connectivity index (χ1) is 10.5. The Morgan fingerprint density at radius 3 is 2.55 bits per heavy atom. The standard InChI is InChI=1S/C17H33N5/c1-7-9-10-11-19-17(18-8-2)20-13(3)12-16-14(4)21-22(6)15(16)5/h13H,7-12H2,1-6H3,(H2,18,19,20). The monoisotopic (exact) mass is 307 g/mol. The normalized spacial score (nSPS) is 13.3. The number of aryl methyl sites for hydroxylation is 2. The van der Waals surface area contributed by atoms with Crippen molar-refractivity contribution in [3.8, 4) is 0 Å². The molecule has 5 nitrogen and oxygen atoms in total. The van der Waals surface area contributed by atoms with E-state index in [4.69, 9.17) is 0 Å². The fraction of sp³-hybridized carbons (Fsp3) is 0.765.